The van der Waals surface area contributed by atoms with Crippen molar-refractivity contribution >= 4 is 28.4 Å². The number of hydrogen-bond donors (Lipinski definition) is 1. The molecule has 104 valence electrons. The number of nitrogen functional groups attached to an aromatic ring is 1. The normalized spacial score (nSPS) is 14.5. The van der Waals surface area contributed by atoms with E-state index in [1.165, 1.54) is 18.4 Å². The molecule has 0 radical (unpaired) electrons. The number of nitrogens with zero attached hydrogens (tertiary/aromatic N) is 2. The molecule has 1 aliphatic rings. The van der Waals surface area contributed by atoms with Crippen LogP contribution >= 0.6 is 22.6 Å². The van der Waals surface area contributed by atoms with Crippen LogP contribution in [0.2, 0.25) is 0 Å². The molecule has 0 saturated heterocycles. The number of nitrogens with two attached hydrogens (primary N) is 1. The van der Waals surface area contributed by atoms with Gasteiger partial charge in [0.05, 0.1) is 9.26 Å². The average molecular weight is 379 g/mol. The third kappa shape index (κ3) is 2.66. The molecule has 0 aliphatic heterocycles. The van der Waals surface area contributed by atoms with Crippen LogP contribution in [0, 0.1) is 3.57 Å². The Morgan fingerprint density at radius 2 is 2.00 bits per heavy atom. The highest BCUT2D eigenvalue weighted by atomic mass is 127. The van der Waals surface area contributed by atoms with Gasteiger partial charge in [-0.05, 0) is 53.3 Å². The number of halogens is 1. The number of aromatic nitrogens is 2. The molecule has 1 aromatic heterocycles. The zero-order valence-corrected chi connectivity index (χ0v) is 13.7. The van der Waals surface area contributed by atoms with E-state index in [0.717, 1.165) is 33.5 Å². The van der Waals surface area contributed by atoms with Gasteiger partial charge in [-0.15, -0.1) is 0 Å². The maximum atomic E-state index is 6.07. The SMILES string of the molecule is CCCc1nc(-c2ccccc2C2CC2)nc(N)c1I. The van der Waals surface area contributed by atoms with Crippen molar-refractivity contribution < 1.29 is 0 Å². The highest BCUT2D eigenvalue weighted by Gasteiger charge is 2.27. The first-order valence-corrected chi connectivity index (χ1v) is 8.19. The number of rotatable bonds is 4. The second-order valence-corrected chi connectivity index (χ2v) is 6.38. The second-order valence-electron chi connectivity index (χ2n) is 5.30. The van der Waals surface area contributed by atoms with Gasteiger partial charge in [0.2, 0.25) is 0 Å². The summed E-state index contributed by atoms with van der Waals surface area (Å²) in [6, 6.07) is 8.47. The van der Waals surface area contributed by atoms with Gasteiger partial charge < -0.3 is 5.73 Å². The summed E-state index contributed by atoms with van der Waals surface area (Å²) in [4.78, 5) is 9.28. The van der Waals surface area contributed by atoms with Gasteiger partial charge in [0, 0.05) is 5.56 Å². The topological polar surface area (TPSA) is 51.8 Å². The fourth-order valence-electron chi connectivity index (χ4n) is 2.49. The molecule has 1 heterocycles. The third-order valence-corrected chi connectivity index (χ3v) is 4.83. The molecule has 3 nitrogen and oxygen atoms in total. The lowest BCUT2D eigenvalue weighted by atomic mass is 10.0. The lowest BCUT2D eigenvalue weighted by molar-refractivity contribution is 0.868. The van der Waals surface area contributed by atoms with E-state index in [1.807, 2.05) is 0 Å². The Balaban J connectivity index is 2.10. The fraction of sp³-hybridized carbons (Fsp3) is 0.375. The van der Waals surface area contributed by atoms with Crippen LogP contribution in [-0.2, 0) is 6.42 Å². The third-order valence-electron chi connectivity index (χ3n) is 3.65. The Morgan fingerprint density at radius 3 is 2.70 bits per heavy atom. The lowest BCUT2D eigenvalue weighted by Crippen LogP contribution is -2.05. The first-order valence-electron chi connectivity index (χ1n) is 7.12. The zero-order chi connectivity index (χ0) is 14.1. The van der Waals surface area contributed by atoms with Crippen molar-refractivity contribution in [2.75, 3.05) is 5.73 Å². The van der Waals surface area contributed by atoms with E-state index in [0.29, 0.717) is 11.7 Å². The molecule has 2 aromatic rings. The van der Waals surface area contributed by atoms with Crippen LogP contribution in [0.5, 0.6) is 0 Å². The Morgan fingerprint density at radius 1 is 1.25 bits per heavy atom. The van der Waals surface area contributed by atoms with E-state index in [4.69, 9.17) is 10.7 Å². The van der Waals surface area contributed by atoms with Crippen molar-refractivity contribution in [1.29, 1.82) is 0 Å². The van der Waals surface area contributed by atoms with Crippen LogP contribution in [0.15, 0.2) is 24.3 Å². The molecule has 0 amide bonds. The second kappa shape index (κ2) is 5.68. The van der Waals surface area contributed by atoms with Gasteiger partial charge in [0.1, 0.15) is 5.82 Å². The monoisotopic (exact) mass is 379 g/mol. The zero-order valence-electron chi connectivity index (χ0n) is 11.6. The predicted octanol–water partition coefficient (Wildman–Crippen LogP) is 4.16. The van der Waals surface area contributed by atoms with E-state index in [1.54, 1.807) is 0 Å². The molecule has 0 bridgehead atoms. The van der Waals surface area contributed by atoms with Crippen molar-refractivity contribution in [3.8, 4) is 11.4 Å². The summed E-state index contributed by atoms with van der Waals surface area (Å²) in [5, 5.41) is 0. The van der Waals surface area contributed by atoms with Crippen molar-refractivity contribution in [2.45, 2.75) is 38.5 Å². The summed E-state index contributed by atoms with van der Waals surface area (Å²) >= 11 is 2.25. The van der Waals surface area contributed by atoms with E-state index in [9.17, 15) is 0 Å². The van der Waals surface area contributed by atoms with Gasteiger partial charge in [-0.25, -0.2) is 9.97 Å². The molecule has 1 saturated carbocycles. The standard InChI is InChI=1S/C16H18IN3/c1-2-5-13-14(17)15(18)20-16(19-13)12-7-4-3-6-11(12)10-8-9-10/h3-4,6-7,10H,2,5,8-9H2,1H3,(H2,18,19,20). The van der Waals surface area contributed by atoms with Crippen molar-refractivity contribution in [3.05, 3.63) is 39.1 Å². The molecule has 1 fully saturated rings. The predicted molar refractivity (Wildman–Crippen MR) is 90.6 cm³/mol. The van der Waals surface area contributed by atoms with Crippen molar-refractivity contribution in [3.63, 3.8) is 0 Å². The molecule has 2 N–H and O–H groups in total. The summed E-state index contributed by atoms with van der Waals surface area (Å²) in [6.07, 6.45) is 4.57. The van der Waals surface area contributed by atoms with E-state index in [-0.39, 0.29) is 0 Å². The van der Waals surface area contributed by atoms with E-state index in [2.05, 4.69) is 58.8 Å². The smallest absolute Gasteiger partial charge is 0.162 e. The summed E-state index contributed by atoms with van der Waals surface area (Å²) in [5.74, 6) is 2.07. The van der Waals surface area contributed by atoms with Crippen molar-refractivity contribution in [2.24, 2.45) is 0 Å². The molecular formula is C16H18IN3. The maximum absolute atomic E-state index is 6.07. The minimum absolute atomic E-state index is 0.602. The van der Waals surface area contributed by atoms with Crippen molar-refractivity contribution in [1.82, 2.24) is 9.97 Å². The van der Waals surface area contributed by atoms with E-state index >= 15 is 0 Å². The maximum Gasteiger partial charge on any atom is 0.162 e. The minimum Gasteiger partial charge on any atom is -0.383 e. The van der Waals surface area contributed by atoms with Crippen LogP contribution in [0.4, 0.5) is 5.82 Å². The summed E-state index contributed by atoms with van der Waals surface area (Å²) < 4.78 is 0.997. The quantitative estimate of drug-likeness (QED) is 0.812. The molecule has 3 rings (SSSR count). The largest absolute Gasteiger partial charge is 0.383 e. The summed E-state index contributed by atoms with van der Waals surface area (Å²) in [7, 11) is 0. The van der Waals surface area contributed by atoms with Crippen LogP contribution < -0.4 is 5.73 Å². The van der Waals surface area contributed by atoms with Gasteiger partial charge in [-0.3, -0.25) is 0 Å². The highest BCUT2D eigenvalue weighted by Crippen LogP contribution is 2.43. The first-order chi connectivity index (χ1) is 9.70. The van der Waals surface area contributed by atoms with Gasteiger partial charge in [-0.1, -0.05) is 37.6 Å². The van der Waals surface area contributed by atoms with Crippen LogP contribution in [-0.4, -0.2) is 9.97 Å². The fourth-order valence-corrected chi connectivity index (χ4v) is 3.00. The average Bonchev–Trinajstić information content (AvgIpc) is 3.28. The minimum atomic E-state index is 0.602. The Bertz CT molecular complexity index is 636. The van der Waals surface area contributed by atoms with Gasteiger partial charge in [-0.2, -0.15) is 0 Å². The highest BCUT2D eigenvalue weighted by molar-refractivity contribution is 14.1. The first kappa shape index (κ1) is 13.8. The Hall–Kier alpha value is -1.17. The molecule has 0 spiro atoms. The number of benzene rings is 1. The lowest BCUT2D eigenvalue weighted by Gasteiger charge is -2.11. The molecular weight excluding hydrogens is 361 g/mol. The van der Waals surface area contributed by atoms with Crippen LogP contribution in [0.25, 0.3) is 11.4 Å². The molecule has 0 atom stereocenters. The van der Waals surface area contributed by atoms with Gasteiger partial charge in [0.15, 0.2) is 5.82 Å². The number of anilines is 1. The molecule has 1 aliphatic carbocycles. The number of aryl methyl sites for hydroxylation is 1. The summed E-state index contributed by atoms with van der Waals surface area (Å²) in [6.45, 7) is 2.16. The van der Waals surface area contributed by atoms with Gasteiger partial charge >= 0.3 is 0 Å². The van der Waals surface area contributed by atoms with Crippen LogP contribution in [0.1, 0.15) is 43.4 Å². The molecule has 0 unspecified atom stereocenters. The van der Waals surface area contributed by atoms with Gasteiger partial charge in [0.25, 0.3) is 0 Å². The molecule has 1 aromatic carbocycles. The Labute approximate surface area is 133 Å². The summed E-state index contributed by atoms with van der Waals surface area (Å²) in [5.41, 5.74) is 9.66. The molecule has 20 heavy (non-hydrogen) atoms. The van der Waals surface area contributed by atoms with E-state index < -0.39 is 0 Å². The Kier molecular flexibility index (Phi) is 3.92. The number of hydrogen-bond acceptors (Lipinski definition) is 3. The van der Waals surface area contributed by atoms with Crippen LogP contribution in [0.3, 0.4) is 0 Å². The molecule has 4 heteroatoms.